The Labute approximate surface area is 149 Å². The summed E-state index contributed by atoms with van der Waals surface area (Å²) in [6.45, 7) is -0.155. The van der Waals surface area contributed by atoms with Crippen molar-refractivity contribution in [2.24, 2.45) is 0 Å². The third-order valence-electron chi connectivity index (χ3n) is 4.10. The molecule has 0 aromatic heterocycles. The molecule has 0 amide bonds. The molecule has 0 unspecified atom stereocenters. The molecule has 4 atom stereocenters. The fourth-order valence-electron chi connectivity index (χ4n) is 2.56. The van der Waals surface area contributed by atoms with Crippen molar-refractivity contribution < 1.29 is 29.6 Å². The molecule has 0 aliphatic carbocycles. The highest BCUT2D eigenvalue weighted by Gasteiger charge is 2.38. The Morgan fingerprint density at radius 2 is 1.58 bits per heavy atom. The first-order valence-electron chi connectivity index (χ1n) is 7.97. The minimum absolute atomic E-state index is 0.155. The van der Waals surface area contributed by atoms with Gasteiger partial charge >= 0.3 is 0 Å². The molecular weight excluding hydrogens is 338 g/mol. The van der Waals surface area contributed by atoms with E-state index in [-0.39, 0.29) is 12.4 Å². The van der Waals surface area contributed by atoms with Crippen LogP contribution in [0.1, 0.15) is 21.5 Å². The number of ketones is 1. The van der Waals surface area contributed by atoms with Gasteiger partial charge in [0.25, 0.3) is 0 Å². The van der Waals surface area contributed by atoms with Crippen molar-refractivity contribution in [2.45, 2.75) is 24.6 Å². The van der Waals surface area contributed by atoms with Crippen LogP contribution in [0.4, 0.5) is 0 Å². The van der Waals surface area contributed by atoms with Gasteiger partial charge < -0.3 is 24.8 Å². The lowest BCUT2D eigenvalue weighted by Gasteiger charge is -2.34. The van der Waals surface area contributed by atoms with Gasteiger partial charge in [0, 0.05) is 11.1 Å². The van der Waals surface area contributed by atoms with Crippen molar-refractivity contribution in [2.75, 3.05) is 6.61 Å². The second-order valence-corrected chi connectivity index (χ2v) is 5.91. The maximum atomic E-state index is 12.4. The Balaban J connectivity index is 1.68. The van der Waals surface area contributed by atoms with E-state index in [4.69, 9.17) is 14.7 Å². The minimum Gasteiger partial charge on any atom is -0.462 e. The van der Waals surface area contributed by atoms with Crippen molar-refractivity contribution in [3.05, 3.63) is 65.2 Å². The van der Waals surface area contributed by atoms with Gasteiger partial charge in [0.05, 0.1) is 18.2 Å². The van der Waals surface area contributed by atoms with Crippen LogP contribution in [0, 0.1) is 11.3 Å². The molecule has 0 bridgehead atoms. The van der Waals surface area contributed by atoms with E-state index in [0.29, 0.717) is 22.4 Å². The number of nitrogens with zero attached hydrogens (tertiary/aromatic N) is 1. The van der Waals surface area contributed by atoms with Gasteiger partial charge in [-0.15, -0.1) is 0 Å². The number of hydrogen-bond acceptors (Lipinski definition) is 7. The van der Waals surface area contributed by atoms with Crippen molar-refractivity contribution in [1.82, 2.24) is 0 Å². The number of ether oxygens (including phenoxy) is 2. The van der Waals surface area contributed by atoms with E-state index in [1.165, 1.54) is 0 Å². The lowest BCUT2D eigenvalue weighted by atomic mass is 10.0. The minimum atomic E-state index is -1.39. The van der Waals surface area contributed by atoms with Gasteiger partial charge in [-0.2, -0.15) is 5.26 Å². The van der Waals surface area contributed by atoms with Crippen molar-refractivity contribution in [1.29, 1.82) is 5.26 Å². The zero-order chi connectivity index (χ0) is 18.7. The Hall–Kier alpha value is -2.76. The molecule has 1 aliphatic rings. The quantitative estimate of drug-likeness (QED) is 0.687. The third-order valence-corrected chi connectivity index (χ3v) is 4.10. The number of aliphatic hydroxyl groups is 3. The van der Waals surface area contributed by atoms with Crippen LogP contribution in [-0.2, 0) is 4.74 Å². The molecule has 2 aromatic carbocycles. The fourth-order valence-corrected chi connectivity index (χ4v) is 2.56. The summed E-state index contributed by atoms with van der Waals surface area (Å²) in [5, 5.41) is 37.7. The molecule has 1 saturated heterocycles. The smallest absolute Gasteiger partial charge is 0.228 e. The highest BCUT2D eigenvalue weighted by Crippen LogP contribution is 2.22. The standard InChI is InChI=1S/C19H17NO6/c20-9-11-1-3-12(4-2-11)16(22)13-5-7-14(8-6-13)26-19-18(24)17(23)15(21)10-25-19/h1-8,15,17-19,21,23-24H,10H2/t15-,17+,18-,19-/m1/s1. The van der Waals surface area contributed by atoms with Gasteiger partial charge in [0.15, 0.2) is 5.78 Å². The highest BCUT2D eigenvalue weighted by atomic mass is 16.7. The van der Waals surface area contributed by atoms with Crippen molar-refractivity contribution >= 4 is 5.78 Å². The molecule has 7 heteroatoms. The Bertz CT molecular complexity index is 811. The number of rotatable bonds is 4. The average Bonchev–Trinajstić information content (AvgIpc) is 2.68. The van der Waals surface area contributed by atoms with Crippen LogP contribution in [0.25, 0.3) is 0 Å². The van der Waals surface area contributed by atoms with Crippen LogP contribution in [0.5, 0.6) is 5.75 Å². The normalized spacial score (nSPS) is 25.3. The molecular formula is C19H17NO6. The zero-order valence-electron chi connectivity index (χ0n) is 13.6. The number of benzene rings is 2. The predicted octanol–water partition coefficient (Wildman–Crippen LogP) is 0.607. The van der Waals surface area contributed by atoms with Crippen molar-refractivity contribution in [3.8, 4) is 11.8 Å². The van der Waals surface area contributed by atoms with E-state index in [9.17, 15) is 20.1 Å². The summed E-state index contributed by atoms with van der Waals surface area (Å²) in [4.78, 5) is 12.4. The number of hydrogen-bond donors (Lipinski definition) is 3. The van der Waals surface area contributed by atoms with E-state index in [0.717, 1.165) is 0 Å². The van der Waals surface area contributed by atoms with Gasteiger partial charge in [-0.1, -0.05) is 0 Å². The second kappa shape index (κ2) is 7.64. The summed E-state index contributed by atoms with van der Waals surface area (Å²) in [6.07, 6.45) is -5.03. The summed E-state index contributed by atoms with van der Waals surface area (Å²) in [6, 6.07) is 14.5. The number of carbonyl (C=O) groups excluding carboxylic acids is 1. The first kappa shape index (κ1) is 18.0. The molecule has 134 valence electrons. The van der Waals surface area contributed by atoms with E-state index >= 15 is 0 Å². The molecule has 1 heterocycles. The van der Waals surface area contributed by atoms with Crippen LogP contribution in [-0.4, -0.2) is 52.3 Å². The summed E-state index contributed by atoms with van der Waals surface area (Å²) in [7, 11) is 0. The van der Waals surface area contributed by atoms with Gasteiger partial charge in [0.1, 0.15) is 24.1 Å². The SMILES string of the molecule is N#Cc1ccc(C(=O)c2ccc(O[C@H]3OC[C@@H](O)[C@H](O)[C@H]3O)cc2)cc1. The van der Waals surface area contributed by atoms with E-state index in [1.807, 2.05) is 6.07 Å². The maximum absolute atomic E-state index is 12.4. The van der Waals surface area contributed by atoms with Gasteiger partial charge in [0.2, 0.25) is 6.29 Å². The fraction of sp³-hybridized carbons (Fsp3) is 0.263. The second-order valence-electron chi connectivity index (χ2n) is 5.91. The van der Waals surface area contributed by atoms with Gasteiger partial charge in [-0.05, 0) is 48.5 Å². The molecule has 1 fully saturated rings. The summed E-state index contributed by atoms with van der Waals surface area (Å²) >= 11 is 0. The Morgan fingerprint density at radius 3 is 2.15 bits per heavy atom. The molecule has 26 heavy (non-hydrogen) atoms. The Morgan fingerprint density at radius 1 is 1.00 bits per heavy atom. The van der Waals surface area contributed by atoms with Crippen LogP contribution >= 0.6 is 0 Å². The molecule has 0 saturated carbocycles. The van der Waals surface area contributed by atoms with Crippen LogP contribution < -0.4 is 4.74 Å². The predicted molar refractivity (Wildman–Crippen MR) is 89.4 cm³/mol. The molecule has 7 nitrogen and oxygen atoms in total. The number of nitriles is 1. The summed E-state index contributed by atoms with van der Waals surface area (Å²) in [5.74, 6) is 0.141. The first-order valence-corrected chi connectivity index (χ1v) is 7.97. The monoisotopic (exact) mass is 355 g/mol. The average molecular weight is 355 g/mol. The molecule has 3 rings (SSSR count). The summed E-state index contributed by atoms with van der Waals surface area (Å²) < 4.78 is 10.6. The van der Waals surface area contributed by atoms with E-state index in [1.54, 1.807) is 48.5 Å². The van der Waals surface area contributed by atoms with Gasteiger partial charge in [-0.3, -0.25) is 4.79 Å². The zero-order valence-corrected chi connectivity index (χ0v) is 13.6. The third kappa shape index (κ3) is 3.74. The van der Waals surface area contributed by atoms with E-state index < -0.39 is 24.6 Å². The van der Waals surface area contributed by atoms with Gasteiger partial charge in [-0.25, -0.2) is 0 Å². The lowest BCUT2D eigenvalue weighted by Crippen LogP contribution is -2.54. The molecule has 1 aliphatic heterocycles. The van der Waals surface area contributed by atoms with Crippen LogP contribution in [0.2, 0.25) is 0 Å². The van der Waals surface area contributed by atoms with Crippen LogP contribution in [0.3, 0.4) is 0 Å². The molecule has 0 radical (unpaired) electrons. The first-order chi connectivity index (χ1) is 12.5. The molecule has 3 N–H and O–H groups in total. The molecule has 0 spiro atoms. The highest BCUT2D eigenvalue weighted by molar-refractivity contribution is 6.09. The van der Waals surface area contributed by atoms with E-state index in [2.05, 4.69) is 0 Å². The maximum Gasteiger partial charge on any atom is 0.228 e. The number of aliphatic hydroxyl groups excluding tert-OH is 3. The largest absolute Gasteiger partial charge is 0.462 e. The summed E-state index contributed by atoms with van der Waals surface area (Å²) in [5.41, 5.74) is 1.37. The van der Waals surface area contributed by atoms with Crippen molar-refractivity contribution in [3.63, 3.8) is 0 Å². The Kier molecular flexibility index (Phi) is 5.30. The molecule has 2 aromatic rings. The number of carbonyl (C=O) groups is 1. The van der Waals surface area contributed by atoms with Crippen LogP contribution in [0.15, 0.2) is 48.5 Å². The topological polar surface area (TPSA) is 120 Å². The lowest BCUT2D eigenvalue weighted by molar-refractivity contribution is -0.242.